The van der Waals surface area contributed by atoms with Gasteiger partial charge < -0.3 is 24.4 Å². The van der Waals surface area contributed by atoms with Crippen LogP contribution in [-0.2, 0) is 23.8 Å². The summed E-state index contributed by atoms with van der Waals surface area (Å²) in [5.41, 5.74) is 0. The van der Waals surface area contributed by atoms with Crippen LogP contribution in [0.15, 0.2) is 0 Å². The van der Waals surface area contributed by atoms with Crippen molar-refractivity contribution in [3.05, 3.63) is 0 Å². The molecule has 0 radical (unpaired) electrons. The highest BCUT2D eigenvalue weighted by atomic mass is 32.2. The molecule has 49 heavy (non-hydrogen) atoms. The van der Waals surface area contributed by atoms with Crippen molar-refractivity contribution in [1.29, 1.82) is 0 Å². The number of rotatable bonds is 38. The monoisotopic (exact) mass is 735 g/mol. The molecular weight excluding hydrogens is 657 g/mol. The van der Waals surface area contributed by atoms with Gasteiger partial charge in [0.1, 0.15) is 0 Å². The lowest BCUT2D eigenvalue weighted by atomic mass is 9.92. The molecule has 9 heteroatoms. The molecule has 6 atom stereocenters. The van der Waals surface area contributed by atoms with Gasteiger partial charge in [-0.2, -0.15) is 23.5 Å². The van der Waals surface area contributed by atoms with Gasteiger partial charge in [0, 0.05) is 23.7 Å². The maximum atomic E-state index is 11.7. The molecule has 0 heterocycles. The highest BCUT2D eigenvalue weighted by Gasteiger charge is 2.25. The van der Waals surface area contributed by atoms with E-state index in [-0.39, 0.29) is 10.5 Å². The molecular formula is C40H78O7S2. The predicted molar refractivity (Wildman–Crippen MR) is 211 cm³/mol. The number of thioether (sulfide) groups is 2. The van der Waals surface area contributed by atoms with E-state index in [1.165, 1.54) is 89.9 Å². The molecule has 6 unspecified atom stereocenters. The van der Waals surface area contributed by atoms with Crippen molar-refractivity contribution in [2.45, 2.75) is 168 Å². The Kier molecular flexibility index (Phi) is 34.3. The maximum Gasteiger partial charge on any atom is 0.307 e. The lowest BCUT2D eigenvalue weighted by Crippen LogP contribution is -2.25. The fourth-order valence-electron chi connectivity index (χ4n) is 6.42. The fourth-order valence-corrected chi connectivity index (χ4v) is 9.10. The van der Waals surface area contributed by atoms with Crippen molar-refractivity contribution in [3.8, 4) is 0 Å². The Balaban J connectivity index is 4.17. The van der Waals surface area contributed by atoms with Gasteiger partial charge in [0.25, 0.3) is 0 Å². The summed E-state index contributed by atoms with van der Waals surface area (Å²) < 4.78 is 17.3. The van der Waals surface area contributed by atoms with Crippen LogP contribution in [0.1, 0.15) is 157 Å². The zero-order chi connectivity index (χ0) is 36.5. The fraction of sp³-hybridized carbons (Fsp3) is 0.950. The Hall–Kier alpha value is -0.480. The van der Waals surface area contributed by atoms with Gasteiger partial charge in [0.2, 0.25) is 0 Å². The lowest BCUT2D eigenvalue weighted by molar-refractivity contribution is -0.142. The van der Waals surface area contributed by atoms with Gasteiger partial charge in [0.05, 0.1) is 38.3 Å². The number of carboxylic acid groups (broad SMARTS) is 2. The quantitative estimate of drug-likeness (QED) is 0.0600. The van der Waals surface area contributed by atoms with Gasteiger partial charge in [-0.1, -0.05) is 131 Å². The first-order valence-corrected chi connectivity index (χ1v) is 22.2. The van der Waals surface area contributed by atoms with Crippen molar-refractivity contribution in [2.24, 2.45) is 23.7 Å². The highest BCUT2D eigenvalue weighted by molar-refractivity contribution is 8.00. The van der Waals surface area contributed by atoms with Crippen LogP contribution in [0.3, 0.4) is 0 Å². The van der Waals surface area contributed by atoms with Gasteiger partial charge in [-0.25, -0.2) is 0 Å². The number of carbonyl (C=O) groups is 2. The average Bonchev–Trinajstić information content (AvgIpc) is 3.08. The van der Waals surface area contributed by atoms with Crippen molar-refractivity contribution in [2.75, 3.05) is 51.1 Å². The highest BCUT2D eigenvalue weighted by Crippen LogP contribution is 2.28. The molecule has 2 N–H and O–H groups in total. The van der Waals surface area contributed by atoms with E-state index < -0.39 is 23.8 Å². The normalized spacial score (nSPS) is 15.5. The Morgan fingerprint density at radius 1 is 0.469 bits per heavy atom. The summed E-state index contributed by atoms with van der Waals surface area (Å²) >= 11 is 3.59. The number of hydrogen-bond donors (Lipinski definition) is 2. The molecule has 7 nitrogen and oxygen atoms in total. The minimum absolute atomic E-state index is 0.0536. The van der Waals surface area contributed by atoms with E-state index in [2.05, 4.69) is 27.7 Å². The molecule has 0 fully saturated rings. The molecule has 0 saturated carbocycles. The van der Waals surface area contributed by atoms with E-state index in [4.69, 9.17) is 14.2 Å². The molecule has 0 aliphatic heterocycles. The predicted octanol–water partition coefficient (Wildman–Crippen LogP) is 11.0. The first kappa shape index (κ1) is 48.5. The van der Waals surface area contributed by atoms with Crippen LogP contribution in [0.25, 0.3) is 0 Å². The third-order valence-electron chi connectivity index (χ3n) is 9.73. The summed E-state index contributed by atoms with van der Waals surface area (Å²) in [4.78, 5) is 23.4. The number of aliphatic carboxylic acids is 2. The Morgan fingerprint density at radius 2 is 0.816 bits per heavy atom. The second-order valence-corrected chi connectivity index (χ2v) is 16.8. The number of carboxylic acids is 2. The van der Waals surface area contributed by atoms with E-state index in [0.717, 1.165) is 49.0 Å². The molecule has 0 aromatic heterocycles. The summed E-state index contributed by atoms with van der Waals surface area (Å²) in [7, 11) is 0. The minimum atomic E-state index is -0.737. The van der Waals surface area contributed by atoms with E-state index in [9.17, 15) is 19.8 Å². The molecule has 0 bridgehead atoms. The lowest BCUT2D eigenvalue weighted by Gasteiger charge is -2.21. The molecule has 0 saturated heterocycles. The smallest absolute Gasteiger partial charge is 0.307 e. The van der Waals surface area contributed by atoms with Crippen molar-refractivity contribution in [3.63, 3.8) is 0 Å². The molecule has 0 aromatic carbocycles. The molecule has 0 aliphatic carbocycles. The summed E-state index contributed by atoms with van der Waals surface area (Å²) in [6.07, 6.45) is 21.8. The van der Waals surface area contributed by atoms with Crippen LogP contribution >= 0.6 is 23.5 Å². The number of ether oxygens (including phenoxy) is 3. The van der Waals surface area contributed by atoms with Gasteiger partial charge in [-0.3, -0.25) is 9.59 Å². The van der Waals surface area contributed by atoms with Crippen LogP contribution in [-0.4, -0.2) is 83.8 Å². The van der Waals surface area contributed by atoms with Crippen LogP contribution in [0.4, 0.5) is 0 Å². The van der Waals surface area contributed by atoms with Crippen molar-refractivity contribution in [1.82, 2.24) is 0 Å². The maximum absolute atomic E-state index is 11.7. The zero-order valence-electron chi connectivity index (χ0n) is 32.6. The first-order chi connectivity index (χ1) is 23.7. The topological polar surface area (TPSA) is 102 Å². The van der Waals surface area contributed by atoms with Gasteiger partial charge in [0.15, 0.2) is 0 Å². The van der Waals surface area contributed by atoms with E-state index in [0.29, 0.717) is 39.6 Å². The van der Waals surface area contributed by atoms with Crippen LogP contribution in [0.5, 0.6) is 0 Å². The molecule has 0 amide bonds. The van der Waals surface area contributed by atoms with Gasteiger partial charge in [-0.05, 0) is 49.0 Å². The summed E-state index contributed by atoms with van der Waals surface area (Å²) in [6.45, 7) is 15.7. The summed E-state index contributed by atoms with van der Waals surface area (Å²) in [5, 5.41) is 19.3. The molecule has 0 aliphatic rings. The molecule has 0 rings (SSSR count). The standard InChI is InChI=1S/C40H78O7S2/c1-7-11-19-35(17-9-3)21-13-15-31-48-37(33(5)39(41)42)23-25-45-27-29-47-30-28-46-26-24-38(34(6)40(43)44)49-32-16-14-22-36(18-10-4)20-12-8-2/h33-38H,7-32H2,1-6H3,(H,41,42)(H,43,44). The Bertz CT molecular complexity index is 696. The van der Waals surface area contributed by atoms with E-state index in [1.54, 1.807) is 23.5 Å². The minimum Gasteiger partial charge on any atom is -0.481 e. The molecule has 292 valence electrons. The zero-order valence-corrected chi connectivity index (χ0v) is 34.2. The van der Waals surface area contributed by atoms with E-state index in [1.807, 2.05) is 13.8 Å². The van der Waals surface area contributed by atoms with Crippen molar-refractivity contribution >= 4 is 35.5 Å². The SMILES string of the molecule is CCCCC(CCC)CCCCSC(CCOCCOCCOCCC(SCCCCC(CCC)CCCC)C(C)C(=O)O)C(C)C(=O)O. The van der Waals surface area contributed by atoms with Crippen molar-refractivity contribution < 1.29 is 34.0 Å². The second kappa shape index (κ2) is 34.6. The van der Waals surface area contributed by atoms with Crippen LogP contribution in [0, 0.1) is 23.7 Å². The van der Waals surface area contributed by atoms with Gasteiger partial charge in [-0.15, -0.1) is 0 Å². The Labute approximate surface area is 310 Å². The average molecular weight is 735 g/mol. The second-order valence-electron chi connectivity index (χ2n) is 14.1. The van der Waals surface area contributed by atoms with Crippen LogP contribution < -0.4 is 0 Å². The number of unbranched alkanes of at least 4 members (excludes halogenated alkanes) is 4. The van der Waals surface area contributed by atoms with Gasteiger partial charge >= 0.3 is 11.9 Å². The number of hydrogen-bond acceptors (Lipinski definition) is 7. The largest absolute Gasteiger partial charge is 0.481 e. The summed E-state index contributed by atoms with van der Waals surface area (Å²) in [6, 6.07) is 0. The van der Waals surface area contributed by atoms with E-state index >= 15 is 0 Å². The Morgan fingerprint density at radius 3 is 1.14 bits per heavy atom. The third-order valence-corrected chi connectivity index (χ3v) is 12.9. The van der Waals surface area contributed by atoms with Crippen LogP contribution in [0.2, 0.25) is 0 Å². The summed E-state index contributed by atoms with van der Waals surface area (Å²) in [5.74, 6) is 1.44. The molecule has 0 spiro atoms. The third kappa shape index (κ3) is 27.8. The molecule has 0 aromatic rings. The first-order valence-electron chi connectivity index (χ1n) is 20.1.